The summed E-state index contributed by atoms with van der Waals surface area (Å²) >= 11 is 0.957. The van der Waals surface area contributed by atoms with Crippen molar-refractivity contribution in [2.24, 2.45) is 15.2 Å². The smallest absolute Gasteiger partial charge is 0.299 e. The van der Waals surface area contributed by atoms with Crippen LogP contribution in [-0.4, -0.2) is 22.7 Å². The van der Waals surface area contributed by atoms with Crippen molar-refractivity contribution in [2.75, 3.05) is 11.1 Å². The van der Waals surface area contributed by atoms with Crippen molar-refractivity contribution >= 4 is 34.4 Å². The molecule has 0 atom stereocenters. The molecule has 0 aliphatic carbocycles. The Labute approximate surface area is 117 Å². The summed E-state index contributed by atoms with van der Waals surface area (Å²) in [7, 11) is 0. The molecule has 8 heteroatoms. The number of nitrogens with one attached hydrogen (secondary N) is 1. The standard InChI is InChI=1S/C12H9FN4O2S/c1-7-11(19)15-12(17-16-7)20-6-10(18)14-9-4-2-3-8(13)5-9/h2-5H,1,6H2,(H,14,18). The number of carbonyl (C=O) groups excluding carboxylic acids is 2. The lowest BCUT2D eigenvalue weighted by Gasteiger charge is -2.06. The topological polar surface area (TPSA) is 83.2 Å². The first-order chi connectivity index (χ1) is 9.54. The van der Waals surface area contributed by atoms with Gasteiger partial charge in [0.2, 0.25) is 11.1 Å². The molecule has 0 saturated carbocycles. The molecule has 1 aliphatic heterocycles. The Morgan fingerprint density at radius 2 is 2.20 bits per heavy atom. The zero-order valence-electron chi connectivity index (χ0n) is 10.2. The first-order valence-corrected chi connectivity index (χ1v) is 6.45. The van der Waals surface area contributed by atoms with E-state index in [0.717, 1.165) is 11.8 Å². The van der Waals surface area contributed by atoms with Crippen LogP contribution in [0.2, 0.25) is 0 Å². The van der Waals surface area contributed by atoms with Crippen LogP contribution < -0.4 is 5.32 Å². The molecule has 102 valence electrons. The predicted molar refractivity (Wildman–Crippen MR) is 73.9 cm³/mol. The van der Waals surface area contributed by atoms with Crippen LogP contribution in [0.15, 0.2) is 51.8 Å². The molecule has 2 rings (SSSR count). The minimum atomic E-state index is -0.576. The van der Waals surface area contributed by atoms with Gasteiger partial charge in [-0.15, -0.1) is 10.2 Å². The largest absolute Gasteiger partial charge is 0.325 e. The van der Waals surface area contributed by atoms with Gasteiger partial charge in [0.25, 0.3) is 5.91 Å². The predicted octanol–water partition coefficient (Wildman–Crippen LogP) is 2.36. The summed E-state index contributed by atoms with van der Waals surface area (Å²) in [5.74, 6) is -1.40. The van der Waals surface area contributed by atoms with Gasteiger partial charge in [-0.05, 0) is 18.2 Å². The maximum Gasteiger partial charge on any atom is 0.299 e. The van der Waals surface area contributed by atoms with E-state index in [0.29, 0.717) is 5.69 Å². The highest BCUT2D eigenvalue weighted by molar-refractivity contribution is 8.14. The fourth-order valence-corrected chi connectivity index (χ4v) is 1.85. The van der Waals surface area contributed by atoms with Gasteiger partial charge in [-0.1, -0.05) is 24.4 Å². The molecule has 6 nitrogen and oxygen atoms in total. The molecule has 0 bridgehead atoms. The second kappa shape index (κ2) is 6.20. The van der Waals surface area contributed by atoms with Crippen LogP contribution in [0.5, 0.6) is 0 Å². The third kappa shape index (κ3) is 3.82. The van der Waals surface area contributed by atoms with Crippen LogP contribution in [-0.2, 0) is 9.59 Å². The van der Waals surface area contributed by atoms with Gasteiger partial charge >= 0.3 is 0 Å². The van der Waals surface area contributed by atoms with E-state index in [4.69, 9.17) is 0 Å². The van der Waals surface area contributed by atoms with E-state index in [-0.39, 0.29) is 22.5 Å². The number of anilines is 1. The molecule has 1 aromatic carbocycles. The maximum atomic E-state index is 12.9. The number of hydrogen-bond donors (Lipinski definition) is 1. The molecule has 0 spiro atoms. The number of aliphatic imine (C=N–C) groups is 1. The molecule has 1 heterocycles. The number of nitrogens with zero attached hydrogens (tertiary/aromatic N) is 3. The molecule has 1 aliphatic rings. The van der Waals surface area contributed by atoms with Crippen molar-refractivity contribution in [3.8, 4) is 0 Å². The lowest BCUT2D eigenvalue weighted by Crippen LogP contribution is -2.16. The van der Waals surface area contributed by atoms with Crippen LogP contribution >= 0.6 is 11.8 Å². The second-order valence-electron chi connectivity index (χ2n) is 3.69. The number of benzene rings is 1. The zero-order valence-corrected chi connectivity index (χ0v) is 11.0. The van der Waals surface area contributed by atoms with Crippen molar-refractivity contribution in [1.82, 2.24) is 0 Å². The Kier molecular flexibility index (Phi) is 4.36. The van der Waals surface area contributed by atoms with Crippen LogP contribution in [0.3, 0.4) is 0 Å². The minimum absolute atomic E-state index is 0.0197. The SMILES string of the molecule is C=C1N=NC(SCC(=O)Nc2cccc(F)c2)=NC1=O. The van der Waals surface area contributed by atoms with Gasteiger partial charge in [-0.25, -0.2) is 4.39 Å². The van der Waals surface area contributed by atoms with Crippen molar-refractivity contribution in [3.05, 3.63) is 42.4 Å². The summed E-state index contributed by atoms with van der Waals surface area (Å²) in [6.45, 7) is 3.35. The van der Waals surface area contributed by atoms with E-state index in [2.05, 4.69) is 27.1 Å². The van der Waals surface area contributed by atoms with Crippen LogP contribution in [0.25, 0.3) is 0 Å². The van der Waals surface area contributed by atoms with Gasteiger partial charge in [-0.3, -0.25) is 9.59 Å². The molecule has 0 fully saturated rings. The zero-order chi connectivity index (χ0) is 14.5. The number of hydrogen-bond acceptors (Lipinski definition) is 5. The fourth-order valence-electron chi connectivity index (χ4n) is 1.27. The van der Waals surface area contributed by atoms with Crippen molar-refractivity contribution < 1.29 is 14.0 Å². The molecule has 1 N–H and O–H groups in total. The Morgan fingerprint density at radius 1 is 1.40 bits per heavy atom. The van der Waals surface area contributed by atoms with Crippen molar-refractivity contribution in [3.63, 3.8) is 0 Å². The first kappa shape index (κ1) is 14.1. The normalized spacial score (nSPS) is 14.2. The van der Waals surface area contributed by atoms with Gasteiger partial charge in [0, 0.05) is 5.69 Å². The summed E-state index contributed by atoms with van der Waals surface area (Å²) in [6.07, 6.45) is 0. The summed E-state index contributed by atoms with van der Waals surface area (Å²) in [5.41, 5.74) is 0.311. The number of carbonyl (C=O) groups is 2. The van der Waals surface area contributed by atoms with E-state index < -0.39 is 11.7 Å². The number of amides is 2. The third-order valence-corrected chi connectivity index (χ3v) is 2.98. The third-order valence-electron chi connectivity index (χ3n) is 2.14. The number of amidine groups is 1. The molecular formula is C12H9FN4O2S. The highest BCUT2D eigenvalue weighted by atomic mass is 32.2. The van der Waals surface area contributed by atoms with E-state index in [1.807, 2.05) is 0 Å². The van der Waals surface area contributed by atoms with Crippen molar-refractivity contribution in [1.29, 1.82) is 0 Å². The second-order valence-corrected chi connectivity index (χ2v) is 4.64. The maximum absolute atomic E-state index is 12.9. The molecule has 0 radical (unpaired) electrons. The monoisotopic (exact) mass is 292 g/mol. The summed E-state index contributed by atoms with van der Waals surface area (Å²) in [4.78, 5) is 26.4. The lowest BCUT2D eigenvalue weighted by atomic mass is 10.3. The van der Waals surface area contributed by atoms with E-state index in [9.17, 15) is 14.0 Å². The Balaban J connectivity index is 1.87. The molecule has 0 unspecified atom stereocenters. The molecule has 2 amide bonds. The Bertz CT molecular complexity index is 642. The van der Waals surface area contributed by atoms with Crippen LogP contribution in [0.4, 0.5) is 10.1 Å². The average molecular weight is 292 g/mol. The molecular weight excluding hydrogens is 283 g/mol. The van der Waals surface area contributed by atoms with Gasteiger partial charge in [0.05, 0.1) is 5.75 Å². The highest BCUT2D eigenvalue weighted by Crippen LogP contribution is 2.15. The number of azo groups is 1. The number of thioether (sulfide) groups is 1. The number of halogens is 1. The Hall–Kier alpha value is -2.35. The number of rotatable bonds is 3. The van der Waals surface area contributed by atoms with Crippen molar-refractivity contribution in [2.45, 2.75) is 0 Å². The summed E-state index contributed by atoms with van der Waals surface area (Å²) < 4.78 is 12.9. The van der Waals surface area contributed by atoms with Gasteiger partial charge in [0.1, 0.15) is 11.5 Å². The average Bonchev–Trinajstić information content (AvgIpc) is 2.40. The summed E-state index contributed by atoms with van der Waals surface area (Å²) in [6, 6.07) is 5.53. The first-order valence-electron chi connectivity index (χ1n) is 5.46. The van der Waals surface area contributed by atoms with Crippen LogP contribution in [0.1, 0.15) is 0 Å². The Morgan fingerprint density at radius 3 is 2.90 bits per heavy atom. The molecule has 20 heavy (non-hydrogen) atoms. The van der Waals surface area contributed by atoms with E-state index >= 15 is 0 Å². The van der Waals surface area contributed by atoms with E-state index in [1.165, 1.54) is 18.2 Å². The van der Waals surface area contributed by atoms with Gasteiger partial charge < -0.3 is 5.32 Å². The molecule has 0 saturated heterocycles. The van der Waals surface area contributed by atoms with Gasteiger partial charge in [0.15, 0.2) is 0 Å². The molecule has 1 aromatic rings. The lowest BCUT2D eigenvalue weighted by molar-refractivity contribution is -0.115. The van der Waals surface area contributed by atoms with E-state index in [1.54, 1.807) is 6.07 Å². The fraction of sp³-hybridized carbons (Fsp3) is 0.0833. The highest BCUT2D eigenvalue weighted by Gasteiger charge is 2.14. The summed E-state index contributed by atoms with van der Waals surface area (Å²) in [5, 5.41) is 9.75. The minimum Gasteiger partial charge on any atom is -0.325 e. The molecule has 0 aromatic heterocycles. The van der Waals surface area contributed by atoms with Gasteiger partial charge in [-0.2, -0.15) is 4.99 Å². The van der Waals surface area contributed by atoms with Crippen LogP contribution in [0, 0.1) is 5.82 Å². The quantitative estimate of drug-likeness (QED) is 0.868.